The summed E-state index contributed by atoms with van der Waals surface area (Å²) in [7, 11) is -3.50. The Kier molecular flexibility index (Phi) is 7.66. The zero-order chi connectivity index (χ0) is 20.9. The van der Waals surface area contributed by atoms with Gasteiger partial charge in [0, 0.05) is 24.4 Å². The molecule has 0 saturated carbocycles. The molecular formula is C19H26N4O3S3. The fraction of sp³-hybridized carbons (Fsp3) is 0.526. The van der Waals surface area contributed by atoms with E-state index < -0.39 is 10.0 Å². The van der Waals surface area contributed by atoms with Gasteiger partial charge in [0.15, 0.2) is 10.1 Å². The van der Waals surface area contributed by atoms with E-state index in [9.17, 15) is 13.2 Å². The number of ketones is 1. The number of aromatic nitrogens is 2. The number of carbonyl (C=O) groups is 1. The Morgan fingerprint density at radius 3 is 2.59 bits per heavy atom. The number of nitrogens with one attached hydrogen (secondary N) is 1. The molecule has 0 bridgehead atoms. The molecule has 2 heterocycles. The van der Waals surface area contributed by atoms with Gasteiger partial charge in [0.2, 0.25) is 15.2 Å². The molecule has 1 aliphatic heterocycles. The van der Waals surface area contributed by atoms with Gasteiger partial charge in [-0.1, -0.05) is 36.9 Å². The predicted molar refractivity (Wildman–Crippen MR) is 117 cm³/mol. The van der Waals surface area contributed by atoms with Crippen LogP contribution in [-0.2, 0) is 10.0 Å². The van der Waals surface area contributed by atoms with Crippen LogP contribution in [0.4, 0.5) is 5.13 Å². The minimum atomic E-state index is -3.50. The third-order valence-electron chi connectivity index (χ3n) is 4.79. The highest BCUT2D eigenvalue weighted by Crippen LogP contribution is 2.26. The largest absolute Gasteiger partial charge is 0.353 e. The third-order valence-corrected chi connectivity index (χ3v) is 8.93. The fourth-order valence-electron chi connectivity index (χ4n) is 2.97. The van der Waals surface area contributed by atoms with Crippen LogP contribution in [-0.4, -0.2) is 54.1 Å². The van der Waals surface area contributed by atoms with Crippen molar-refractivity contribution in [1.82, 2.24) is 14.5 Å². The molecule has 0 spiro atoms. The van der Waals surface area contributed by atoms with Crippen molar-refractivity contribution in [2.45, 2.75) is 42.3 Å². The highest BCUT2D eigenvalue weighted by Gasteiger charge is 2.28. The molecule has 7 nitrogen and oxygen atoms in total. The van der Waals surface area contributed by atoms with E-state index in [1.807, 2.05) is 0 Å². The topological polar surface area (TPSA) is 92.3 Å². The summed E-state index contributed by atoms with van der Waals surface area (Å²) >= 11 is 3.07. The summed E-state index contributed by atoms with van der Waals surface area (Å²) in [4.78, 5) is 12.7. The zero-order valence-corrected chi connectivity index (χ0v) is 19.1. The average molecular weight is 455 g/mol. The Bertz CT molecular complexity index is 920. The van der Waals surface area contributed by atoms with Gasteiger partial charge in [0.05, 0.1) is 11.4 Å². The van der Waals surface area contributed by atoms with Gasteiger partial charge in [0.1, 0.15) is 0 Å². The molecule has 2 aromatic rings. The van der Waals surface area contributed by atoms with Crippen molar-refractivity contribution in [3.8, 4) is 0 Å². The maximum atomic E-state index is 12.8. The number of carbonyl (C=O) groups excluding carboxylic acids is 1. The fourth-order valence-corrected chi connectivity index (χ4v) is 6.12. The molecule has 1 aliphatic rings. The maximum Gasteiger partial charge on any atom is 0.243 e. The molecule has 0 radical (unpaired) electrons. The zero-order valence-electron chi connectivity index (χ0n) is 16.6. The second-order valence-corrected chi connectivity index (χ2v) is 11.4. The number of rotatable bonds is 9. The Morgan fingerprint density at radius 1 is 1.24 bits per heavy atom. The summed E-state index contributed by atoms with van der Waals surface area (Å²) in [5.41, 5.74) is 0.466. The molecule has 158 valence electrons. The molecule has 3 rings (SSSR count). The first-order valence-corrected chi connectivity index (χ1v) is 13.0. The average Bonchev–Trinajstić information content (AvgIpc) is 3.18. The van der Waals surface area contributed by atoms with E-state index in [1.54, 1.807) is 23.9 Å². The maximum absolute atomic E-state index is 12.8. The van der Waals surface area contributed by atoms with Crippen LogP contribution >= 0.6 is 23.1 Å². The second-order valence-electron chi connectivity index (χ2n) is 7.11. The summed E-state index contributed by atoms with van der Waals surface area (Å²) in [6, 6.07) is 6.19. The van der Waals surface area contributed by atoms with Gasteiger partial charge in [-0.2, -0.15) is 4.31 Å². The lowest BCUT2D eigenvalue weighted by atomic mass is 10.0. The van der Waals surface area contributed by atoms with Crippen molar-refractivity contribution in [1.29, 1.82) is 0 Å². The smallest absolute Gasteiger partial charge is 0.243 e. The Hall–Kier alpha value is -1.49. The van der Waals surface area contributed by atoms with Gasteiger partial charge in [-0.15, -0.1) is 10.2 Å². The number of thioether (sulfide) groups is 1. The molecule has 1 aromatic carbocycles. The number of Topliss-reactive ketones (excluding diaryl/α,β-unsaturated/α-hetero) is 1. The first-order chi connectivity index (χ1) is 13.9. The first kappa shape index (κ1) is 22.2. The van der Waals surface area contributed by atoms with E-state index >= 15 is 0 Å². The summed E-state index contributed by atoms with van der Waals surface area (Å²) < 4.78 is 28.0. The summed E-state index contributed by atoms with van der Waals surface area (Å²) in [5, 5.41) is 11.7. The molecule has 1 saturated heterocycles. The standard InChI is InChI=1S/C19H26N4O3S3/c1-3-12-27-19-22-21-18(28-19)20-13-17(24)15-4-6-16(7-5-15)29(25,26)23-10-8-14(2)9-11-23/h4-7,14H,3,8-13H2,1-2H3,(H,20,21). The molecule has 0 atom stereocenters. The van der Waals surface area contributed by atoms with Crippen molar-refractivity contribution in [3.63, 3.8) is 0 Å². The minimum absolute atomic E-state index is 0.0865. The molecule has 1 N–H and O–H groups in total. The molecule has 0 amide bonds. The number of nitrogens with zero attached hydrogens (tertiary/aromatic N) is 3. The number of anilines is 1. The van der Waals surface area contributed by atoms with Crippen LogP contribution in [0.25, 0.3) is 0 Å². The van der Waals surface area contributed by atoms with Crippen molar-refractivity contribution < 1.29 is 13.2 Å². The van der Waals surface area contributed by atoms with Crippen LogP contribution in [0, 0.1) is 5.92 Å². The number of hydrogen-bond donors (Lipinski definition) is 1. The molecule has 1 fully saturated rings. The third kappa shape index (κ3) is 5.78. The van der Waals surface area contributed by atoms with E-state index in [-0.39, 0.29) is 17.2 Å². The van der Waals surface area contributed by atoms with Crippen LogP contribution < -0.4 is 5.32 Å². The van der Waals surface area contributed by atoms with Crippen molar-refractivity contribution >= 4 is 44.0 Å². The minimum Gasteiger partial charge on any atom is -0.353 e. The van der Waals surface area contributed by atoms with Gasteiger partial charge in [-0.3, -0.25) is 4.79 Å². The normalized spacial score (nSPS) is 16.1. The molecule has 1 aromatic heterocycles. The number of sulfonamides is 1. The molecular weight excluding hydrogens is 428 g/mol. The molecule has 0 unspecified atom stereocenters. The van der Waals surface area contributed by atoms with Crippen molar-refractivity contribution in [2.75, 3.05) is 30.7 Å². The lowest BCUT2D eigenvalue weighted by Crippen LogP contribution is -2.37. The quantitative estimate of drug-likeness (QED) is 0.455. The predicted octanol–water partition coefficient (Wildman–Crippen LogP) is 3.76. The van der Waals surface area contributed by atoms with Gasteiger partial charge in [-0.25, -0.2) is 8.42 Å². The summed E-state index contributed by atoms with van der Waals surface area (Å²) in [5.74, 6) is 1.42. The molecule has 0 aliphatic carbocycles. The number of piperidine rings is 1. The number of hydrogen-bond acceptors (Lipinski definition) is 8. The van der Waals surface area contributed by atoms with Crippen LogP contribution in [0.15, 0.2) is 33.5 Å². The monoisotopic (exact) mass is 454 g/mol. The first-order valence-electron chi connectivity index (χ1n) is 9.73. The van der Waals surface area contributed by atoms with Crippen LogP contribution in [0.1, 0.15) is 43.5 Å². The Labute approximate surface area is 180 Å². The van der Waals surface area contributed by atoms with Crippen molar-refractivity contribution in [3.05, 3.63) is 29.8 Å². The summed E-state index contributed by atoms with van der Waals surface area (Å²) in [6.45, 7) is 5.44. The van der Waals surface area contributed by atoms with E-state index in [2.05, 4.69) is 29.4 Å². The highest BCUT2D eigenvalue weighted by atomic mass is 32.2. The molecule has 10 heteroatoms. The van der Waals surface area contributed by atoms with E-state index in [0.717, 1.165) is 29.4 Å². The van der Waals surface area contributed by atoms with E-state index in [1.165, 1.54) is 27.8 Å². The van der Waals surface area contributed by atoms with Crippen molar-refractivity contribution in [2.24, 2.45) is 5.92 Å². The number of benzene rings is 1. The van der Waals surface area contributed by atoms with Crippen LogP contribution in [0.3, 0.4) is 0 Å². The lowest BCUT2D eigenvalue weighted by molar-refractivity contribution is 0.101. The van der Waals surface area contributed by atoms with Crippen LogP contribution in [0.5, 0.6) is 0 Å². The van der Waals surface area contributed by atoms with Gasteiger partial charge in [0.25, 0.3) is 0 Å². The Balaban J connectivity index is 1.58. The second kappa shape index (κ2) is 10.0. The van der Waals surface area contributed by atoms with E-state index in [0.29, 0.717) is 29.7 Å². The molecule has 29 heavy (non-hydrogen) atoms. The summed E-state index contributed by atoms with van der Waals surface area (Å²) in [6.07, 6.45) is 2.82. The Morgan fingerprint density at radius 2 is 1.93 bits per heavy atom. The van der Waals surface area contributed by atoms with Gasteiger partial charge >= 0.3 is 0 Å². The van der Waals surface area contributed by atoms with Gasteiger partial charge in [-0.05, 0) is 49.4 Å². The van der Waals surface area contributed by atoms with Gasteiger partial charge < -0.3 is 5.32 Å². The SMILES string of the molecule is CCCSc1nnc(NCC(=O)c2ccc(S(=O)(=O)N3CCC(C)CC3)cc2)s1. The van der Waals surface area contributed by atoms with Crippen LogP contribution in [0.2, 0.25) is 0 Å². The lowest BCUT2D eigenvalue weighted by Gasteiger charge is -2.29. The highest BCUT2D eigenvalue weighted by molar-refractivity contribution is 8.01. The van der Waals surface area contributed by atoms with E-state index in [4.69, 9.17) is 0 Å².